The average molecular weight is 297 g/mol. The molecule has 2 rings (SSSR count). The Morgan fingerprint density at radius 3 is 2.89 bits per heavy atom. The molecule has 0 bridgehead atoms. The van der Waals surface area contributed by atoms with E-state index in [4.69, 9.17) is 17.4 Å². The lowest BCUT2D eigenvalue weighted by Crippen LogP contribution is -2.27. The molecule has 1 unspecified atom stereocenters. The highest BCUT2D eigenvalue weighted by molar-refractivity contribution is 7.16. The number of nitrogens with one attached hydrogen (secondary N) is 2. The molecule has 2 aromatic rings. The number of carbonyl (C=O) groups is 1. The standard InChI is InChI=1S/C12H13ClN4OS/c1-7(10-2-3-11(13)19-10)16-12(18)9-6-8(17-14)4-5-15-9/h2-7H,14H2,1H3,(H,15,17)(H,16,18). The summed E-state index contributed by atoms with van der Waals surface area (Å²) in [5.41, 5.74) is 3.42. The smallest absolute Gasteiger partial charge is 0.270 e. The van der Waals surface area contributed by atoms with Crippen LogP contribution in [0.5, 0.6) is 0 Å². The number of pyridine rings is 1. The van der Waals surface area contributed by atoms with Crippen LogP contribution in [0.2, 0.25) is 4.34 Å². The lowest BCUT2D eigenvalue weighted by Gasteiger charge is -2.12. The Kier molecular flexibility index (Phi) is 4.36. The molecule has 0 aliphatic heterocycles. The molecule has 5 nitrogen and oxygen atoms in total. The molecule has 1 amide bonds. The molecule has 0 saturated heterocycles. The van der Waals surface area contributed by atoms with E-state index in [9.17, 15) is 4.79 Å². The quantitative estimate of drug-likeness (QED) is 0.598. The molecule has 19 heavy (non-hydrogen) atoms. The number of carbonyl (C=O) groups excluding carboxylic acids is 1. The first-order chi connectivity index (χ1) is 9.10. The molecule has 0 aromatic carbocycles. The number of nitrogens with zero attached hydrogens (tertiary/aromatic N) is 1. The second kappa shape index (κ2) is 6.01. The highest BCUT2D eigenvalue weighted by Crippen LogP contribution is 2.26. The van der Waals surface area contributed by atoms with E-state index in [-0.39, 0.29) is 11.9 Å². The molecule has 7 heteroatoms. The van der Waals surface area contributed by atoms with Gasteiger partial charge in [0.25, 0.3) is 5.91 Å². The largest absolute Gasteiger partial charge is 0.343 e. The van der Waals surface area contributed by atoms with Gasteiger partial charge >= 0.3 is 0 Å². The van der Waals surface area contributed by atoms with Crippen molar-refractivity contribution in [2.45, 2.75) is 13.0 Å². The summed E-state index contributed by atoms with van der Waals surface area (Å²) >= 11 is 7.31. The maximum atomic E-state index is 12.0. The third-order valence-electron chi connectivity index (χ3n) is 2.53. The van der Waals surface area contributed by atoms with Crippen LogP contribution in [0.3, 0.4) is 0 Å². The molecule has 1 atom stereocenters. The number of halogens is 1. The molecule has 4 N–H and O–H groups in total. The number of nitrogen functional groups attached to an aromatic ring is 1. The van der Waals surface area contributed by atoms with E-state index in [2.05, 4.69) is 15.7 Å². The summed E-state index contributed by atoms with van der Waals surface area (Å²) in [4.78, 5) is 17.0. The van der Waals surface area contributed by atoms with E-state index < -0.39 is 0 Å². The zero-order chi connectivity index (χ0) is 13.8. The van der Waals surface area contributed by atoms with Crippen LogP contribution in [0, 0.1) is 0 Å². The molecular formula is C12H13ClN4OS. The fraction of sp³-hybridized carbons (Fsp3) is 0.167. The fourth-order valence-corrected chi connectivity index (χ4v) is 2.61. The number of rotatable bonds is 4. The molecule has 0 fully saturated rings. The normalized spacial score (nSPS) is 11.9. The molecule has 0 aliphatic carbocycles. The highest BCUT2D eigenvalue weighted by Gasteiger charge is 2.14. The van der Waals surface area contributed by atoms with Gasteiger partial charge in [-0.1, -0.05) is 11.6 Å². The summed E-state index contributed by atoms with van der Waals surface area (Å²) in [6.07, 6.45) is 1.52. The number of thiophene rings is 1. The molecule has 2 heterocycles. The van der Waals surface area contributed by atoms with Crippen LogP contribution < -0.4 is 16.6 Å². The van der Waals surface area contributed by atoms with Gasteiger partial charge in [0, 0.05) is 11.1 Å². The molecular weight excluding hydrogens is 284 g/mol. The second-order valence-corrected chi connectivity index (χ2v) is 5.66. The zero-order valence-electron chi connectivity index (χ0n) is 10.2. The van der Waals surface area contributed by atoms with E-state index in [1.54, 1.807) is 18.2 Å². The van der Waals surface area contributed by atoms with Crippen LogP contribution in [0.1, 0.15) is 28.3 Å². The summed E-state index contributed by atoms with van der Waals surface area (Å²) < 4.78 is 0.698. The van der Waals surface area contributed by atoms with Crippen LogP contribution in [-0.2, 0) is 0 Å². The number of hydrazine groups is 1. The molecule has 0 aliphatic rings. The minimum atomic E-state index is -0.255. The SMILES string of the molecule is CC(NC(=O)c1cc(NN)ccn1)c1ccc(Cl)s1. The van der Waals surface area contributed by atoms with Gasteiger partial charge in [0.15, 0.2) is 0 Å². The van der Waals surface area contributed by atoms with Crippen molar-refractivity contribution in [2.75, 3.05) is 5.43 Å². The molecule has 0 spiro atoms. The predicted octanol–water partition coefficient (Wildman–Crippen LogP) is 2.57. The minimum absolute atomic E-state index is 0.124. The van der Waals surface area contributed by atoms with E-state index in [1.165, 1.54) is 17.5 Å². The maximum absolute atomic E-state index is 12.0. The van der Waals surface area contributed by atoms with E-state index >= 15 is 0 Å². The van der Waals surface area contributed by atoms with Gasteiger partial charge in [-0.25, -0.2) is 0 Å². The van der Waals surface area contributed by atoms with Gasteiger partial charge in [0.2, 0.25) is 0 Å². The summed E-state index contributed by atoms with van der Waals surface area (Å²) in [6.45, 7) is 1.89. The molecule has 2 aromatic heterocycles. The van der Waals surface area contributed by atoms with Crippen molar-refractivity contribution in [3.8, 4) is 0 Å². The van der Waals surface area contributed by atoms with Crippen molar-refractivity contribution in [3.05, 3.63) is 45.4 Å². The van der Waals surface area contributed by atoms with Crippen molar-refractivity contribution >= 4 is 34.5 Å². The van der Waals surface area contributed by atoms with Gasteiger partial charge in [0.1, 0.15) is 5.69 Å². The van der Waals surface area contributed by atoms with Gasteiger partial charge < -0.3 is 10.7 Å². The summed E-state index contributed by atoms with van der Waals surface area (Å²) in [7, 11) is 0. The average Bonchev–Trinajstić information content (AvgIpc) is 2.85. The van der Waals surface area contributed by atoms with Crippen LogP contribution >= 0.6 is 22.9 Å². The van der Waals surface area contributed by atoms with Gasteiger partial charge in [-0.2, -0.15) is 0 Å². The van der Waals surface area contributed by atoms with Gasteiger partial charge in [0.05, 0.1) is 16.1 Å². The van der Waals surface area contributed by atoms with Crippen LogP contribution in [0.4, 0.5) is 5.69 Å². The van der Waals surface area contributed by atoms with Crippen molar-refractivity contribution in [2.24, 2.45) is 5.84 Å². The second-order valence-electron chi connectivity index (χ2n) is 3.91. The van der Waals surface area contributed by atoms with Crippen LogP contribution in [-0.4, -0.2) is 10.9 Å². The minimum Gasteiger partial charge on any atom is -0.343 e. The van der Waals surface area contributed by atoms with E-state index in [0.717, 1.165) is 4.88 Å². The monoisotopic (exact) mass is 296 g/mol. The Bertz CT molecular complexity index is 587. The summed E-state index contributed by atoms with van der Waals surface area (Å²) in [5, 5.41) is 2.86. The Morgan fingerprint density at radius 2 is 2.26 bits per heavy atom. The first-order valence-electron chi connectivity index (χ1n) is 5.59. The number of anilines is 1. The van der Waals surface area contributed by atoms with Crippen LogP contribution in [0.25, 0.3) is 0 Å². The van der Waals surface area contributed by atoms with Crippen molar-refractivity contribution < 1.29 is 4.79 Å². The maximum Gasteiger partial charge on any atom is 0.270 e. The lowest BCUT2D eigenvalue weighted by atomic mass is 10.2. The van der Waals surface area contributed by atoms with E-state index in [1.807, 2.05) is 13.0 Å². The van der Waals surface area contributed by atoms with Crippen molar-refractivity contribution in [1.82, 2.24) is 10.3 Å². The van der Waals surface area contributed by atoms with E-state index in [0.29, 0.717) is 15.7 Å². The number of hydrogen-bond acceptors (Lipinski definition) is 5. The zero-order valence-corrected chi connectivity index (χ0v) is 11.8. The summed E-state index contributed by atoms with van der Waals surface area (Å²) in [6, 6.07) is 6.84. The van der Waals surface area contributed by atoms with Crippen molar-refractivity contribution in [3.63, 3.8) is 0 Å². The third kappa shape index (κ3) is 3.44. The Morgan fingerprint density at radius 1 is 1.47 bits per heavy atom. The van der Waals surface area contributed by atoms with Crippen LogP contribution in [0.15, 0.2) is 30.5 Å². The fourth-order valence-electron chi connectivity index (χ4n) is 1.55. The number of hydrogen-bond donors (Lipinski definition) is 3. The molecule has 0 saturated carbocycles. The van der Waals surface area contributed by atoms with Gasteiger partial charge in [-0.15, -0.1) is 11.3 Å². The Balaban J connectivity index is 2.08. The third-order valence-corrected chi connectivity index (χ3v) is 3.94. The van der Waals surface area contributed by atoms with Gasteiger partial charge in [-0.05, 0) is 31.2 Å². The molecule has 0 radical (unpaired) electrons. The number of aromatic nitrogens is 1. The van der Waals surface area contributed by atoms with Gasteiger partial charge in [-0.3, -0.25) is 15.6 Å². The highest BCUT2D eigenvalue weighted by atomic mass is 35.5. The topological polar surface area (TPSA) is 80.0 Å². The Labute approximate surface area is 119 Å². The molecule has 100 valence electrons. The first kappa shape index (κ1) is 13.8. The number of nitrogens with two attached hydrogens (primary N) is 1. The first-order valence-corrected chi connectivity index (χ1v) is 6.78. The lowest BCUT2D eigenvalue weighted by molar-refractivity contribution is 0.0935. The Hall–Kier alpha value is -1.63. The van der Waals surface area contributed by atoms with Crippen molar-refractivity contribution in [1.29, 1.82) is 0 Å². The summed E-state index contributed by atoms with van der Waals surface area (Å²) in [5.74, 6) is 5.04. The predicted molar refractivity (Wildman–Crippen MR) is 77.3 cm³/mol. The number of amides is 1.